The zero-order chi connectivity index (χ0) is 21.9. The van der Waals surface area contributed by atoms with Crippen LogP contribution in [0, 0.1) is 13.8 Å². The van der Waals surface area contributed by atoms with E-state index in [4.69, 9.17) is 0 Å². The van der Waals surface area contributed by atoms with E-state index in [0.717, 1.165) is 28.2 Å². The summed E-state index contributed by atoms with van der Waals surface area (Å²) in [7, 11) is 0. The molecule has 1 heterocycles. The van der Waals surface area contributed by atoms with E-state index in [-0.39, 0.29) is 17.5 Å². The van der Waals surface area contributed by atoms with E-state index in [1.54, 1.807) is 5.38 Å². The Morgan fingerprint density at radius 2 is 1.73 bits per heavy atom. The quantitative estimate of drug-likeness (QED) is 0.659. The van der Waals surface area contributed by atoms with Gasteiger partial charge < -0.3 is 5.32 Å². The van der Waals surface area contributed by atoms with Crippen molar-refractivity contribution in [2.24, 2.45) is 0 Å². The molecule has 6 nitrogen and oxygen atoms in total. The number of carbonyl (C=O) groups excluding carboxylic acids is 2. The number of anilines is 1. The largest absolute Gasteiger partial charge is 0.349 e. The third-order valence-electron chi connectivity index (χ3n) is 4.75. The summed E-state index contributed by atoms with van der Waals surface area (Å²) in [5.41, 5.74) is 3.11. The molecular weight excluding hydrogens is 396 g/mol. The first kappa shape index (κ1) is 21.6. The topological polar surface area (TPSA) is 75.2 Å². The molecule has 30 heavy (non-hydrogen) atoms. The first-order chi connectivity index (χ1) is 14.2. The van der Waals surface area contributed by atoms with Gasteiger partial charge in [0.1, 0.15) is 6.04 Å². The van der Waals surface area contributed by atoms with E-state index in [1.165, 1.54) is 4.90 Å². The van der Waals surface area contributed by atoms with Gasteiger partial charge in [-0.2, -0.15) is 0 Å². The monoisotopic (exact) mass is 422 g/mol. The normalized spacial score (nSPS) is 12.3. The summed E-state index contributed by atoms with van der Waals surface area (Å²) in [5.74, 6) is -0.624. The second-order valence-electron chi connectivity index (χ2n) is 8.24. The van der Waals surface area contributed by atoms with Crippen LogP contribution in [-0.2, 0) is 4.79 Å². The molecule has 2 amide bonds. The minimum atomic E-state index is -0.861. The van der Waals surface area contributed by atoms with Gasteiger partial charge in [0.15, 0.2) is 5.69 Å². The van der Waals surface area contributed by atoms with Crippen molar-refractivity contribution in [2.75, 3.05) is 4.90 Å². The van der Waals surface area contributed by atoms with E-state index in [1.807, 2.05) is 83.1 Å². The van der Waals surface area contributed by atoms with Crippen LogP contribution in [0.4, 0.5) is 5.69 Å². The summed E-state index contributed by atoms with van der Waals surface area (Å²) in [4.78, 5) is 28.6. The Kier molecular flexibility index (Phi) is 6.31. The van der Waals surface area contributed by atoms with E-state index in [9.17, 15) is 9.59 Å². The number of hydrogen-bond acceptors (Lipinski definition) is 5. The molecule has 0 saturated carbocycles. The Morgan fingerprint density at radius 3 is 2.33 bits per heavy atom. The van der Waals surface area contributed by atoms with E-state index < -0.39 is 11.6 Å². The average Bonchev–Trinajstić information content (AvgIpc) is 3.22. The van der Waals surface area contributed by atoms with Crippen LogP contribution in [0.1, 0.15) is 54.0 Å². The molecule has 0 aliphatic heterocycles. The maximum absolute atomic E-state index is 13.6. The van der Waals surface area contributed by atoms with E-state index in [0.29, 0.717) is 5.69 Å². The molecule has 156 valence electrons. The zero-order valence-corrected chi connectivity index (χ0v) is 18.7. The van der Waals surface area contributed by atoms with Gasteiger partial charge in [-0.3, -0.25) is 14.5 Å². The fourth-order valence-electron chi connectivity index (χ4n) is 3.23. The summed E-state index contributed by atoms with van der Waals surface area (Å²) in [6.45, 7) is 9.69. The van der Waals surface area contributed by atoms with Crippen molar-refractivity contribution in [1.29, 1.82) is 0 Å². The fraction of sp³-hybridized carbons (Fsp3) is 0.304. The zero-order valence-electron chi connectivity index (χ0n) is 17.8. The highest BCUT2D eigenvalue weighted by atomic mass is 32.1. The van der Waals surface area contributed by atoms with Crippen LogP contribution in [0.2, 0.25) is 0 Å². The second-order valence-corrected chi connectivity index (χ2v) is 8.85. The number of rotatable bonds is 5. The molecule has 0 bridgehead atoms. The molecule has 1 aromatic heterocycles. The molecule has 0 spiro atoms. The lowest BCUT2D eigenvalue weighted by Gasteiger charge is -2.34. The van der Waals surface area contributed by atoms with Crippen molar-refractivity contribution in [1.82, 2.24) is 14.9 Å². The van der Waals surface area contributed by atoms with Crippen LogP contribution in [0.5, 0.6) is 0 Å². The standard InChI is InChI=1S/C23H26N4O2S/c1-15-10-9-13-19(16(15)2)27(22(29)18-14-30-26-25-18)20(17-11-7-6-8-12-17)21(28)24-23(3,4)5/h6-14,20H,1-5H3,(H,24,28)/t20-/m1/s1. The molecule has 0 unspecified atom stereocenters. The highest BCUT2D eigenvalue weighted by Crippen LogP contribution is 2.33. The Balaban J connectivity index is 2.22. The van der Waals surface area contributed by atoms with Gasteiger partial charge in [0, 0.05) is 16.6 Å². The summed E-state index contributed by atoms with van der Waals surface area (Å²) < 4.78 is 3.84. The minimum Gasteiger partial charge on any atom is -0.349 e. The van der Waals surface area contributed by atoms with Crippen LogP contribution < -0.4 is 10.2 Å². The van der Waals surface area contributed by atoms with Gasteiger partial charge >= 0.3 is 0 Å². The van der Waals surface area contributed by atoms with Crippen LogP contribution in [0.15, 0.2) is 53.9 Å². The first-order valence-electron chi connectivity index (χ1n) is 9.73. The smallest absolute Gasteiger partial charge is 0.280 e. The van der Waals surface area contributed by atoms with Crippen molar-refractivity contribution < 1.29 is 9.59 Å². The Hall–Kier alpha value is -3.06. The molecular formula is C23H26N4O2S. The van der Waals surface area contributed by atoms with Gasteiger partial charge in [0.25, 0.3) is 5.91 Å². The summed E-state index contributed by atoms with van der Waals surface area (Å²) in [6, 6.07) is 14.2. The average molecular weight is 423 g/mol. The predicted octanol–water partition coefficient (Wildman–Crippen LogP) is 4.46. The lowest BCUT2D eigenvalue weighted by atomic mass is 9.98. The van der Waals surface area contributed by atoms with Crippen molar-refractivity contribution in [3.8, 4) is 0 Å². The number of hydrogen-bond donors (Lipinski definition) is 1. The van der Waals surface area contributed by atoms with Gasteiger partial charge in [0.2, 0.25) is 5.91 Å². The number of aryl methyl sites for hydroxylation is 1. The highest BCUT2D eigenvalue weighted by Gasteiger charge is 2.36. The highest BCUT2D eigenvalue weighted by molar-refractivity contribution is 7.03. The molecule has 0 aliphatic carbocycles. The van der Waals surface area contributed by atoms with Gasteiger partial charge in [-0.05, 0) is 68.9 Å². The molecule has 0 radical (unpaired) electrons. The number of aromatic nitrogens is 2. The number of nitrogens with zero attached hydrogens (tertiary/aromatic N) is 3. The molecule has 3 aromatic rings. The lowest BCUT2D eigenvalue weighted by molar-refractivity contribution is -0.123. The molecule has 0 aliphatic rings. The number of carbonyl (C=O) groups is 2. The SMILES string of the molecule is Cc1cccc(N(C(=O)c2csnn2)[C@@H](C(=O)NC(C)(C)C)c2ccccc2)c1C. The molecule has 3 rings (SSSR count). The van der Waals surface area contributed by atoms with E-state index in [2.05, 4.69) is 14.9 Å². The summed E-state index contributed by atoms with van der Waals surface area (Å²) >= 11 is 1.10. The van der Waals surface area contributed by atoms with Gasteiger partial charge in [-0.15, -0.1) is 5.10 Å². The lowest BCUT2D eigenvalue weighted by Crippen LogP contribution is -2.49. The molecule has 7 heteroatoms. The number of benzene rings is 2. The van der Waals surface area contributed by atoms with Crippen molar-refractivity contribution >= 4 is 29.0 Å². The maximum atomic E-state index is 13.6. The maximum Gasteiger partial charge on any atom is 0.280 e. The van der Waals surface area contributed by atoms with Crippen LogP contribution in [-0.4, -0.2) is 26.9 Å². The van der Waals surface area contributed by atoms with Crippen LogP contribution >= 0.6 is 11.5 Å². The fourth-order valence-corrected chi connectivity index (χ4v) is 3.66. The van der Waals surface area contributed by atoms with Crippen molar-refractivity contribution in [2.45, 2.75) is 46.2 Å². The molecule has 0 fully saturated rings. The predicted molar refractivity (Wildman–Crippen MR) is 120 cm³/mol. The number of nitrogens with one attached hydrogen (secondary N) is 1. The second kappa shape index (κ2) is 8.75. The van der Waals surface area contributed by atoms with E-state index >= 15 is 0 Å². The molecule has 2 aromatic carbocycles. The Bertz CT molecular complexity index is 1030. The number of amides is 2. The van der Waals surface area contributed by atoms with Gasteiger partial charge in [0.05, 0.1) is 0 Å². The third kappa shape index (κ3) is 4.74. The Morgan fingerprint density at radius 1 is 1.03 bits per heavy atom. The van der Waals surface area contributed by atoms with Crippen LogP contribution in [0.3, 0.4) is 0 Å². The van der Waals surface area contributed by atoms with Gasteiger partial charge in [-0.25, -0.2) is 0 Å². The summed E-state index contributed by atoms with van der Waals surface area (Å²) in [6.07, 6.45) is 0. The van der Waals surface area contributed by atoms with Crippen molar-refractivity contribution in [3.63, 3.8) is 0 Å². The van der Waals surface area contributed by atoms with Crippen molar-refractivity contribution in [3.05, 3.63) is 76.3 Å². The van der Waals surface area contributed by atoms with Crippen LogP contribution in [0.25, 0.3) is 0 Å². The minimum absolute atomic E-state index is 0.213. The summed E-state index contributed by atoms with van der Waals surface area (Å²) in [5, 5.41) is 8.61. The van der Waals surface area contributed by atoms with Gasteiger partial charge in [-0.1, -0.05) is 47.0 Å². The molecule has 1 N–H and O–H groups in total. The third-order valence-corrected chi connectivity index (χ3v) is 5.26. The first-order valence-corrected chi connectivity index (χ1v) is 10.6. The molecule has 0 saturated heterocycles. The Labute approximate surface area is 181 Å². The molecule has 1 atom stereocenters.